The zero-order valence-corrected chi connectivity index (χ0v) is 10.4. The number of nitrogens with one attached hydrogen (secondary N) is 2. The predicted molar refractivity (Wildman–Crippen MR) is 67.5 cm³/mol. The van der Waals surface area contributed by atoms with Gasteiger partial charge in [0.15, 0.2) is 0 Å². The Hall–Kier alpha value is -0.970. The Bertz CT molecular complexity index is 369. The smallest absolute Gasteiger partial charge is 0.128 e. The molecule has 1 aromatic carbocycles. The molecule has 0 aromatic heterocycles. The molecule has 2 N–H and O–H groups in total. The summed E-state index contributed by atoms with van der Waals surface area (Å²) in [5.41, 5.74) is 0.746. The van der Waals surface area contributed by atoms with Crippen LogP contribution in [0.2, 0.25) is 0 Å². The first-order valence-electron chi connectivity index (χ1n) is 6.06. The standard InChI is InChI=1S/C13H20FN3/c1-15-13(10-5-3-4-6-11(10)14)12-9-16-7-8-17(12)2/h3-6,12-13,15-16H,7-9H2,1-2H3. The highest BCUT2D eigenvalue weighted by Crippen LogP contribution is 2.23. The summed E-state index contributed by atoms with van der Waals surface area (Å²) >= 11 is 0. The maximum absolute atomic E-state index is 13.8. The van der Waals surface area contributed by atoms with E-state index in [2.05, 4.69) is 22.6 Å². The van der Waals surface area contributed by atoms with E-state index in [1.807, 2.05) is 19.2 Å². The van der Waals surface area contributed by atoms with E-state index in [0.29, 0.717) is 0 Å². The van der Waals surface area contributed by atoms with Gasteiger partial charge in [0.25, 0.3) is 0 Å². The van der Waals surface area contributed by atoms with Gasteiger partial charge in [-0.3, -0.25) is 4.90 Å². The Morgan fingerprint density at radius 1 is 1.47 bits per heavy atom. The number of nitrogens with zero attached hydrogens (tertiary/aromatic N) is 1. The fraction of sp³-hybridized carbons (Fsp3) is 0.538. The average Bonchev–Trinajstić information content (AvgIpc) is 2.34. The molecule has 3 nitrogen and oxygen atoms in total. The Morgan fingerprint density at radius 2 is 2.24 bits per heavy atom. The van der Waals surface area contributed by atoms with Crippen LogP contribution in [0.3, 0.4) is 0 Å². The highest BCUT2D eigenvalue weighted by Gasteiger charge is 2.29. The Morgan fingerprint density at radius 3 is 2.88 bits per heavy atom. The lowest BCUT2D eigenvalue weighted by atomic mass is 9.96. The molecule has 1 aromatic rings. The van der Waals surface area contributed by atoms with Gasteiger partial charge in [0, 0.05) is 31.2 Å². The van der Waals surface area contributed by atoms with Crippen LogP contribution >= 0.6 is 0 Å². The maximum Gasteiger partial charge on any atom is 0.128 e. The summed E-state index contributed by atoms with van der Waals surface area (Å²) in [5, 5.41) is 6.60. The minimum absolute atomic E-state index is 0.0222. The zero-order chi connectivity index (χ0) is 12.3. The van der Waals surface area contributed by atoms with Gasteiger partial charge < -0.3 is 10.6 Å². The molecule has 0 radical (unpaired) electrons. The number of rotatable bonds is 3. The predicted octanol–water partition coefficient (Wildman–Crippen LogP) is 0.990. The second-order valence-corrected chi connectivity index (χ2v) is 4.54. The van der Waals surface area contributed by atoms with Gasteiger partial charge in [-0.2, -0.15) is 0 Å². The number of hydrogen-bond acceptors (Lipinski definition) is 3. The first kappa shape index (κ1) is 12.5. The van der Waals surface area contributed by atoms with Gasteiger partial charge in [-0.15, -0.1) is 0 Å². The molecule has 0 spiro atoms. The maximum atomic E-state index is 13.8. The third-order valence-corrected chi connectivity index (χ3v) is 3.50. The second kappa shape index (κ2) is 5.58. The Balaban J connectivity index is 2.23. The number of benzene rings is 1. The van der Waals surface area contributed by atoms with E-state index < -0.39 is 0 Å². The summed E-state index contributed by atoms with van der Waals surface area (Å²) in [6, 6.07) is 7.31. The largest absolute Gasteiger partial charge is 0.314 e. The summed E-state index contributed by atoms with van der Waals surface area (Å²) in [5.74, 6) is -0.133. The summed E-state index contributed by atoms with van der Waals surface area (Å²) in [4.78, 5) is 2.28. The lowest BCUT2D eigenvalue weighted by molar-refractivity contribution is 0.160. The lowest BCUT2D eigenvalue weighted by Gasteiger charge is -2.38. The molecule has 0 saturated carbocycles. The van der Waals surface area contributed by atoms with Crippen molar-refractivity contribution in [3.8, 4) is 0 Å². The molecular weight excluding hydrogens is 217 g/mol. The molecule has 1 aliphatic rings. The van der Waals surface area contributed by atoms with Gasteiger partial charge >= 0.3 is 0 Å². The van der Waals surface area contributed by atoms with Crippen molar-refractivity contribution in [2.75, 3.05) is 33.7 Å². The van der Waals surface area contributed by atoms with Crippen molar-refractivity contribution in [3.05, 3.63) is 35.6 Å². The summed E-state index contributed by atoms with van der Waals surface area (Å²) < 4.78 is 13.8. The lowest BCUT2D eigenvalue weighted by Crippen LogP contribution is -2.54. The SMILES string of the molecule is CNC(c1ccccc1F)C1CNCCN1C. The molecule has 1 saturated heterocycles. The molecule has 4 heteroatoms. The van der Waals surface area contributed by atoms with Crippen molar-refractivity contribution >= 4 is 0 Å². The highest BCUT2D eigenvalue weighted by atomic mass is 19.1. The van der Waals surface area contributed by atoms with E-state index in [-0.39, 0.29) is 17.9 Å². The fourth-order valence-electron chi connectivity index (χ4n) is 2.48. The van der Waals surface area contributed by atoms with Crippen molar-refractivity contribution in [2.24, 2.45) is 0 Å². The van der Waals surface area contributed by atoms with Crippen LogP contribution in [0.1, 0.15) is 11.6 Å². The molecule has 0 bridgehead atoms. The van der Waals surface area contributed by atoms with Crippen molar-refractivity contribution in [2.45, 2.75) is 12.1 Å². The third-order valence-electron chi connectivity index (χ3n) is 3.50. The van der Waals surface area contributed by atoms with Gasteiger partial charge in [-0.1, -0.05) is 18.2 Å². The fourth-order valence-corrected chi connectivity index (χ4v) is 2.48. The van der Waals surface area contributed by atoms with Gasteiger partial charge in [-0.05, 0) is 20.2 Å². The zero-order valence-electron chi connectivity index (χ0n) is 10.4. The van der Waals surface area contributed by atoms with Crippen LogP contribution in [0.5, 0.6) is 0 Å². The molecule has 94 valence electrons. The van der Waals surface area contributed by atoms with E-state index in [1.54, 1.807) is 6.07 Å². The normalized spacial score (nSPS) is 23.6. The number of likely N-dealkylation sites (N-methyl/N-ethyl adjacent to an activating group) is 2. The molecule has 2 unspecified atom stereocenters. The van der Waals surface area contributed by atoms with Crippen molar-refractivity contribution in [3.63, 3.8) is 0 Å². The summed E-state index contributed by atoms with van der Waals surface area (Å²) in [6.07, 6.45) is 0. The molecule has 17 heavy (non-hydrogen) atoms. The van der Waals surface area contributed by atoms with Gasteiger partial charge in [-0.25, -0.2) is 4.39 Å². The molecular formula is C13H20FN3. The van der Waals surface area contributed by atoms with Gasteiger partial charge in [0.2, 0.25) is 0 Å². The van der Waals surface area contributed by atoms with Crippen molar-refractivity contribution in [1.82, 2.24) is 15.5 Å². The first-order valence-corrected chi connectivity index (χ1v) is 6.06. The molecule has 0 aliphatic carbocycles. The van der Waals surface area contributed by atoms with Crippen LogP contribution in [-0.4, -0.2) is 44.7 Å². The molecule has 2 atom stereocenters. The van der Waals surface area contributed by atoms with E-state index in [4.69, 9.17) is 0 Å². The second-order valence-electron chi connectivity index (χ2n) is 4.54. The Labute approximate surface area is 102 Å². The minimum atomic E-state index is -0.133. The van der Waals surface area contributed by atoms with Crippen LogP contribution in [0.15, 0.2) is 24.3 Å². The van der Waals surface area contributed by atoms with Crippen LogP contribution in [-0.2, 0) is 0 Å². The summed E-state index contributed by atoms with van der Waals surface area (Å²) in [6.45, 7) is 2.88. The first-order chi connectivity index (χ1) is 8.24. The molecule has 0 amide bonds. The van der Waals surface area contributed by atoms with Crippen LogP contribution in [0, 0.1) is 5.82 Å². The average molecular weight is 237 g/mol. The van der Waals surface area contributed by atoms with E-state index in [0.717, 1.165) is 25.2 Å². The van der Waals surface area contributed by atoms with E-state index >= 15 is 0 Å². The highest BCUT2D eigenvalue weighted by molar-refractivity contribution is 5.23. The van der Waals surface area contributed by atoms with Crippen molar-refractivity contribution < 1.29 is 4.39 Å². The Kier molecular flexibility index (Phi) is 4.10. The number of piperazine rings is 1. The van der Waals surface area contributed by atoms with Gasteiger partial charge in [0.1, 0.15) is 5.82 Å². The molecule has 1 aliphatic heterocycles. The number of halogens is 1. The quantitative estimate of drug-likeness (QED) is 0.821. The van der Waals surface area contributed by atoms with Gasteiger partial charge in [0.05, 0.1) is 6.04 Å². The topological polar surface area (TPSA) is 27.3 Å². The van der Waals surface area contributed by atoms with Crippen LogP contribution in [0.4, 0.5) is 4.39 Å². The van der Waals surface area contributed by atoms with Crippen molar-refractivity contribution in [1.29, 1.82) is 0 Å². The van der Waals surface area contributed by atoms with Crippen LogP contribution < -0.4 is 10.6 Å². The molecule has 2 rings (SSSR count). The van der Waals surface area contributed by atoms with Crippen LogP contribution in [0.25, 0.3) is 0 Å². The minimum Gasteiger partial charge on any atom is -0.314 e. The molecule has 1 heterocycles. The monoisotopic (exact) mass is 237 g/mol. The van der Waals surface area contributed by atoms with E-state index in [1.165, 1.54) is 6.07 Å². The third kappa shape index (κ3) is 2.65. The molecule has 1 fully saturated rings. The van der Waals surface area contributed by atoms with E-state index in [9.17, 15) is 4.39 Å². The summed E-state index contributed by atoms with van der Waals surface area (Å²) in [7, 11) is 3.98. The number of hydrogen-bond donors (Lipinski definition) is 2.